The van der Waals surface area contributed by atoms with Gasteiger partial charge in [-0.2, -0.15) is 0 Å². The Morgan fingerprint density at radius 2 is 1.79 bits per heavy atom. The maximum absolute atomic E-state index is 12.4. The van der Waals surface area contributed by atoms with Crippen LogP contribution in [-0.4, -0.2) is 47.7 Å². The Bertz CT molecular complexity index is 1050. The van der Waals surface area contributed by atoms with Crippen LogP contribution in [0, 0.1) is 10.1 Å². The molecule has 1 amide bonds. The van der Waals surface area contributed by atoms with Crippen LogP contribution in [0.15, 0.2) is 42.5 Å². The van der Waals surface area contributed by atoms with Crippen molar-refractivity contribution in [1.29, 1.82) is 0 Å². The van der Waals surface area contributed by atoms with Crippen LogP contribution in [0.3, 0.4) is 0 Å². The molecule has 9 nitrogen and oxygen atoms in total. The Morgan fingerprint density at radius 3 is 2.41 bits per heavy atom. The van der Waals surface area contributed by atoms with E-state index in [1.807, 2.05) is 45.0 Å². The maximum Gasteiger partial charge on any atom is 0.410 e. The van der Waals surface area contributed by atoms with Crippen molar-refractivity contribution in [3.8, 4) is 0 Å². The number of nitrogens with one attached hydrogen (secondary N) is 1. The SMILES string of the molecule is COC(=O)c1cccc(CNc2ccccc2C2CCN(C(=O)OC(C)(C)C)CC2)c1[N+](=O)[O-]. The fourth-order valence-electron chi connectivity index (χ4n) is 4.13. The number of rotatable bonds is 6. The first-order valence-corrected chi connectivity index (χ1v) is 11.3. The number of likely N-dealkylation sites (tertiary alicyclic amines) is 1. The summed E-state index contributed by atoms with van der Waals surface area (Å²) in [6.07, 6.45) is 1.28. The largest absolute Gasteiger partial charge is 0.465 e. The van der Waals surface area contributed by atoms with Crippen LogP contribution in [0.5, 0.6) is 0 Å². The fourth-order valence-corrected chi connectivity index (χ4v) is 4.13. The molecule has 0 spiro atoms. The van der Waals surface area contributed by atoms with Crippen molar-refractivity contribution in [2.75, 3.05) is 25.5 Å². The highest BCUT2D eigenvalue weighted by Gasteiger charge is 2.29. The Balaban J connectivity index is 1.73. The number of hydrogen-bond donors (Lipinski definition) is 1. The molecule has 0 radical (unpaired) electrons. The van der Waals surface area contributed by atoms with Crippen LogP contribution < -0.4 is 5.32 Å². The van der Waals surface area contributed by atoms with Gasteiger partial charge in [-0.3, -0.25) is 10.1 Å². The van der Waals surface area contributed by atoms with Gasteiger partial charge in [-0.1, -0.05) is 30.3 Å². The van der Waals surface area contributed by atoms with Gasteiger partial charge < -0.3 is 19.7 Å². The number of carbonyl (C=O) groups is 2. The van der Waals surface area contributed by atoms with Crippen molar-refractivity contribution >= 4 is 23.4 Å². The predicted molar refractivity (Wildman–Crippen MR) is 128 cm³/mol. The third-order valence-corrected chi connectivity index (χ3v) is 5.72. The summed E-state index contributed by atoms with van der Waals surface area (Å²) in [5.74, 6) is -0.510. The lowest BCUT2D eigenvalue weighted by Gasteiger charge is -2.34. The number of nitro benzene ring substituents is 1. The maximum atomic E-state index is 12.4. The van der Waals surface area contributed by atoms with E-state index in [4.69, 9.17) is 9.47 Å². The Kier molecular flexibility index (Phi) is 7.75. The van der Waals surface area contributed by atoms with E-state index in [1.165, 1.54) is 13.2 Å². The second kappa shape index (κ2) is 10.5. The minimum absolute atomic E-state index is 0.0744. The van der Waals surface area contributed by atoms with Gasteiger partial charge in [0.15, 0.2) is 0 Å². The molecule has 1 N–H and O–H groups in total. The summed E-state index contributed by atoms with van der Waals surface area (Å²) in [6, 6.07) is 12.5. The highest BCUT2D eigenvalue weighted by atomic mass is 16.6. The van der Waals surface area contributed by atoms with Gasteiger partial charge in [0.1, 0.15) is 11.2 Å². The van der Waals surface area contributed by atoms with Crippen LogP contribution in [0.25, 0.3) is 0 Å². The lowest BCUT2D eigenvalue weighted by molar-refractivity contribution is -0.385. The fraction of sp³-hybridized carbons (Fsp3) is 0.440. The number of ether oxygens (including phenoxy) is 2. The van der Waals surface area contributed by atoms with Crippen molar-refractivity contribution in [1.82, 2.24) is 4.90 Å². The minimum atomic E-state index is -0.745. The zero-order valence-corrected chi connectivity index (χ0v) is 20.0. The number of nitro groups is 1. The van der Waals surface area contributed by atoms with Gasteiger partial charge in [-0.25, -0.2) is 9.59 Å². The van der Waals surface area contributed by atoms with Crippen LogP contribution in [-0.2, 0) is 16.0 Å². The van der Waals surface area contributed by atoms with Crippen molar-refractivity contribution in [3.05, 3.63) is 69.3 Å². The van der Waals surface area contributed by atoms with Crippen LogP contribution in [0.1, 0.15) is 61.0 Å². The number of methoxy groups -OCH3 is 1. The molecule has 0 saturated carbocycles. The summed E-state index contributed by atoms with van der Waals surface area (Å²) in [7, 11) is 1.20. The summed E-state index contributed by atoms with van der Waals surface area (Å²) < 4.78 is 10.2. The number of nitrogens with zero attached hydrogens (tertiary/aromatic N) is 2. The normalized spacial score (nSPS) is 14.4. The standard InChI is InChI=1S/C25H31N3O6/c1-25(2,3)34-24(30)27-14-12-17(13-15-27)19-9-5-6-11-21(19)26-16-18-8-7-10-20(23(29)33-4)22(18)28(31)32/h5-11,17,26H,12-16H2,1-4H3. The lowest BCUT2D eigenvalue weighted by atomic mass is 9.88. The molecule has 3 rings (SSSR count). The van der Waals surface area contributed by atoms with Crippen molar-refractivity contribution < 1.29 is 24.0 Å². The van der Waals surface area contributed by atoms with E-state index in [0.29, 0.717) is 18.7 Å². The molecule has 2 aromatic carbocycles. The second-order valence-electron chi connectivity index (χ2n) is 9.24. The average Bonchev–Trinajstić information content (AvgIpc) is 2.81. The van der Waals surface area contributed by atoms with E-state index in [2.05, 4.69) is 5.32 Å². The van der Waals surface area contributed by atoms with E-state index >= 15 is 0 Å². The first-order valence-electron chi connectivity index (χ1n) is 11.3. The molecule has 0 atom stereocenters. The van der Waals surface area contributed by atoms with Gasteiger partial charge in [0, 0.05) is 30.9 Å². The van der Waals surface area contributed by atoms with E-state index in [1.54, 1.807) is 17.0 Å². The van der Waals surface area contributed by atoms with Gasteiger partial charge in [-0.05, 0) is 57.2 Å². The molecule has 1 saturated heterocycles. The van der Waals surface area contributed by atoms with Crippen molar-refractivity contribution in [2.24, 2.45) is 0 Å². The molecule has 182 valence electrons. The third kappa shape index (κ3) is 6.03. The Labute approximate surface area is 199 Å². The smallest absolute Gasteiger partial charge is 0.410 e. The highest BCUT2D eigenvalue weighted by Crippen LogP contribution is 2.34. The number of para-hydroxylation sites is 2. The molecule has 1 fully saturated rings. The molecule has 34 heavy (non-hydrogen) atoms. The molecule has 0 aromatic heterocycles. The first-order chi connectivity index (χ1) is 16.1. The number of piperidine rings is 1. The summed E-state index contributed by atoms with van der Waals surface area (Å²) in [6.45, 7) is 6.93. The van der Waals surface area contributed by atoms with Gasteiger partial charge in [0.25, 0.3) is 5.69 Å². The van der Waals surface area contributed by atoms with Gasteiger partial charge >= 0.3 is 12.1 Å². The number of amides is 1. The molecular formula is C25H31N3O6. The quantitative estimate of drug-likeness (QED) is 0.356. The van der Waals surface area contributed by atoms with Crippen LogP contribution in [0.2, 0.25) is 0 Å². The molecule has 1 aliphatic rings. The van der Waals surface area contributed by atoms with E-state index < -0.39 is 16.5 Å². The van der Waals surface area contributed by atoms with Gasteiger partial charge in [-0.15, -0.1) is 0 Å². The molecule has 1 heterocycles. The molecule has 2 aromatic rings. The molecule has 0 aliphatic carbocycles. The summed E-state index contributed by atoms with van der Waals surface area (Å²) in [5.41, 5.74) is 1.49. The minimum Gasteiger partial charge on any atom is -0.465 e. The van der Waals surface area contributed by atoms with Gasteiger partial charge in [0.2, 0.25) is 0 Å². The first kappa shape index (κ1) is 25.0. The molecule has 1 aliphatic heterocycles. The highest BCUT2D eigenvalue weighted by molar-refractivity contribution is 5.94. The molecule has 9 heteroatoms. The topological polar surface area (TPSA) is 111 Å². The zero-order chi connectivity index (χ0) is 24.9. The zero-order valence-electron chi connectivity index (χ0n) is 20.0. The molecular weight excluding hydrogens is 438 g/mol. The van der Waals surface area contributed by atoms with E-state index in [9.17, 15) is 19.7 Å². The van der Waals surface area contributed by atoms with E-state index in [-0.39, 0.29) is 29.8 Å². The predicted octanol–water partition coefficient (Wildman–Crippen LogP) is 5.11. The van der Waals surface area contributed by atoms with Crippen LogP contribution >= 0.6 is 0 Å². The van der Waals surface area contributed by atoms with E-state index in [0.717, 1.165) is 24.1 Å². The summed E-state index contributed by atoms with van der Waals surface area (Å²) in [4.78, 5) is 37.2. The number of benzene rings is 2. The number of carbonyl (C=O) groups excluding carboxylic acids is 2. The molecule has 0 unspecified atom stereocenters. The van der Waals surface area contributed by atoms with Crippen molar-refractivity contribution in [3.63, 3.8) is 0 Å². The Hall–Kier alpha value is -3.62. The molecule has 0 bridgehead atoms. The number of esters is 1. The average molecular weight is 470 g/mol. The summed E-state index contributed by atoms with van der Waals surface area (Å²) in [5, 5.41) is 15.0. The van der Waals surface area contributed by atoms with Crippen molar-refractivity contribution in [2.45, 2.75) is 51.7 Å². The van der Waals surface area contributed by atoms with Gasteiger partial charge in [0.05, 0.1) is 12.0 Å². The number of hydrogen-bond acceptors (Lipinski definition) is 7. The lowest BCUT2D eigenvalue weighted by Crippen LogP contribution is -2.41. The van der Waals surface area contributed by atoms with Crippen LogP contribution in [0.4, 0.5) is 16.2 Å². The number of anilines is 1. The summed E-state index contributed by atoms with van der Waals surface area (Å²) >= 11 is 0. The second-order valence-corrected chi connectivity index (χ2v) is 9.24. The monoisotopic (exact) mass is 469 g/mol. The third-order valence-electron chi connectivity index (χ3n) is 5.72. The Morgan fingerprint density at radius 1 is 1.12 bits per heavy atom.